The van der Waals surface area contributed by atoms with Gasteiger partial charge in [0, 0.05) is 30.0 Å². The molecule has 0 radical (unpaired) electrons. The fourth-order valence-corrected chi connectivity index (χ4v) is 3.16. The summed E-state index contributed by atoms with van der Waals surface area (Å²) in [6, 6.07) is 14.0. The van der Waals surface area contributed by atoms with Crippen LogP contribution in [-0.2, 0) is 11.3 Å². The molecule has 0 spiro atoms. The van der Waals surface area contributed by atoms with Crippen molar-refractivity contribution in [2.45, 2.75) is 16.3 Å². The summed E-state index contributed by atoms with van der Waals surface area (Å²) in [5.41, 5.74) is 1.25. The Morgan fingerprint density at radius 2 is 1.90 bits per heavy atom. The highest BCUT2D eigenvalue weighted by Gasteiger charge is 2.06. The van der Waals surface area contributed by atoms with Crippen LogP contribution >= 0.6 is 35.0 Å². The second-order valence-corrected chi connectivity index (χ2v) is 6.39. The molecule has 21 heavy (non-hydrogen) atoms. The first kappa shape index (κ1) is 16.7. The zero-order valence-corrected chi connectivity index (χ0v) is 14.1. The zero-order chi connectivity index (χ0) is 15.1. The third-order valence-corrected chi connectivity index (χ3v) is 4.74. The summed E-state index contributed by atoms with van der Waals surface area (Å²) in [5, 5.41) is 4.52. The lowest BCUT2D eigenvalue weighted by molar-refractivity contribution is 0.199. The van der Waals surface area contributed by atoms with Crippen molar-refractivity contribution in [3.05, 3.63) is 58.1 Å². The maximum absolute atomic E-state index is 6.07. The van der Waals surface area contributed by atoms with Gasteiger partial charge in [-0.2, -0.15) is 0 Å². The minimum atomic E-state index is 0.579. The van der Waals surface area contributed by atoms with Crippen molar-refractivity contribution in [1.29, 1.82) is 0 Å². The highest BCUT2D eigenvalue weighted by molar-refractivity contribution is 7.99. The lowest BCUT2D eigenvalue weighted by atomic mass is 10.2. The predicted octanol–water partition coefficient (Wildman–Crippen LogP) is 4.88. The van der Waals surface area contributed by atoms with Gasteiger partial charge in [0.2, 0.25) is 0 Å². The molecule has 0 fully saturated rings. The summed E-state index contributed by atoms with van der Waals surface area (Å²) in [6.07, 6.45) is 0. The summed E-state index contributed by atoms with van der Waals surface area (Å²) < 4.78 is 5.04. The van der Waals surface area contributed by atoms with Crippen LogP contribution in [-0.4, -0.2) is 20.3 Å². The Labute approximate surface area is 139 Å². The van der Waals surface area contributed by atoms with Crippen molar-refractivity contribution in [2.75, 3.05) is 20.3 Å². The van der Waals surface area contributed by atoms with E-state index >= 15 is 0 Å². The molecule has 2 aromatic carbocycles. The fraction of sp³-hybridized carbons (Fsp3) is 0.250. The van der Waals surface area contributed by atoms with E-state index in [1.807, 2.05) is 30.3 Å². The number of halogens is 2. The molecule has 112 valence electrons. The molecular weight excluding hydrogens is 325 g/mol. The second-order valence-electron chi connectivity index (χ2n) is 4.46. The molecule has 2 rings (SSSR count). The molecule has 0 unspecified atom stereocenters. The first-order chi connectivity index (χ1) is 10.2. The molecule has 0 heterocycles. The van der Waals surface area contributed by atoms with Gasteiger partial charge in [0.1, 0.15) is 0 Å². The predicted molar refractivity (Wildman–Crippen MR) is 90.6 cm³/mol. The molecule has 2 aromatic rings. The molecule has 5 heteroatoms. The minimum Gasteiger partial charge on any atom is -0.383 e. The van der Waals surface area contributed by atoms with Gasteiger partial charge in [0.15, 0.2) is 0 Å². The second kappa shape index (κ2) is 8.66. The van der Waals surface area contributed by atoms with Crippen molar-refractivity contribution >= 4 is 35.0 Å². The van der Waals surface area contributed by atoms with Gasteiger partial charge in [0.25, 0.3) is 0 Å². The van der Waals surface area contributed by atoms with Gasteiger partial charge in [-0.15, -0.1) is 0 Å². The number of methoxy groups -OCH3 is 1. The van der Waals surface area contributed by atoms with E-state index in [2.05, 4.69) is 17.4 Å². The van der Waals surface area contributed by atoms with Crippen LogP contribution in [0.2, 0.25) is 10.0 Å². The van der Waals surface area contributed by atoms with Gasteiger partial charge in [-0.1, -0.05) is 53.2 Å². The van der Waals surface area contributed by atoms with E-state index < -0.39 is 0 Å². The monoisotopic (exact) mass is 341 g/mol. The van der Waals surface area contributed by atoms with Gasteiger partial charge in [0.05, 0.1) is 16.7 Å². The van der Waals surface area contributed by atoms with Crippen molar-refractivity contribution in [2.24, 2.45) is 0 Å². The first-order valence-corrected chi connectivity index (χ1v) is 8.18. The number of ether oxygens (including phenoxy) is 1. The Balaban J connectivity index is 2.06. The Morgan fingerprint density at radius 3 is 2.67 bits per heavy atom. The largest absolute Gasteiger partial charge is 0.383 e. The molecule has 0 aromatic heterocycles. The van der Waals surface area contributed by atoms with Crippen LogP contribution in [0.5, 0.6) is 0 Å². The lowest BCUT2D eigenvalue weighted by Gasteiger charge is -2.10. The molecular formula is C16H17Cl2NOS. The molecule has 0 aliphatic rings. The number of nitrogens with one attached hydrogen (secondary N) is 1. The van der Waals surface area contributed by atoms with E-state index in [0.29, 0.717) is 16.7 Å². The van der Waals surface area contributed by atoms with Crippen molar-refractivity contribution < 1.29 is 4.74 Å². The maximum Gasteiger partial charge on any atom is 0.0603 e. The molecule has 0 atom stereocenters. The summed E-state index contributed by atoms with van der Waals surface area (Å²) in [7, 11) is 1.70. The van der Waals surface area contributed by atoms with Crippen LogP contribution in [0, 0.1) is 0 Å². The van der Waals surface area contributed by atoms with Crippen LogP contribution in [0.15, 0.2) is 52.3 Å². The molecule has 0 bridgehead atoms. The van der Waals surface area contributed by atoms with Crippen LogP contribution in [0.3, 0.4) is 0 Å². The van der Waals surface area contributed by atoms with Crippen LogP contribution in [0.4, 0.5) is 0 Å². The molecule has 0 aliphatic carbocycles. The van der Waals surface area contributed by atoms with E-state index in [1.165, 1.54) is 10.5 Å². The van der Waals surface area contributed by atoms with Gasteiger partial charge in [-0.3, -0.25) is 0 Å². The smallest absolute Gasteiger partial charge is 0.0603 e. The Kier molecular flexibility index (Phi) is 6.87. The lowest BCUT2D eigenvalue weighted by Crippen LogP contribution is -2.18. The normalized spacial score (nSPS) is 10.8. The number of rotatable bonds is 7. The van der Waals surface area contributed by atoms with Crippen molar-refractivity contribution in [1.82, 2.24) is 5.32 Å². The van der Waals surface area contributed by atoms with E-state index in [0.717, 1.165) is 18.0 Å². The molecule has 0 saturated carbocycles. The third kappa shape index (κ3) is 5.20. The molecule has 0 aliphatic heterocycles. The number of hydrogen-bond donors (Lipinski definition) is 1. The number of hydrogen-bond acceptors (Lipinski definition) is 3. The Bertz CT molecular complexity index is 592. The van der Waals surface area contributed by atoms with E-state index in [4.69, 9.17) is 27.9 Å². The fourth-order valence-electron chi connectivity index (χ4n) is 1.81. The maximum atomic E-state index is 6.07. The summed E-state index contributed by atoms with van der Waals surface area (Å²) in [4.78, 5) is 2.29. The zero-order valence-electron chi connectivity index (χ0n) is 11.7. The van der Waals surface area contributed by atoms with Crippen LogP contribution in [0.25, 0.3) is 0 Å². The van der Waals surface area contributed by atoms with E-state index in [9.17, 15) is 0 Å². The molecule has 0 amide bonds. The Morgan fingerprint density at radius 1 is 1.10 bits per heavy atom. The standard InChI is InChI=1S/C16H17Cl2NOS/c1-20-9-8-19-11-12-4-2-3-5-16(12)21-13-6-7-14(17)15(18)10-13/h2-7,10,19H,8-9,11H2,1H3. The first-order valence-electron chi connectivity index (χ1n) is 6.61. The highest BCUT2D eigenvalue weighted by Crippen LogP contribution is 2.34. The molecule has 2 nitrogen and oxygen atoms in total. The van der Waals surface area contributed by atoms with Gasteiger partial charge in [-0.05, 0) is 29.8 Å². The topological polar surface area (TPSA) is 21.3 Å². The van der Waals surface area contributed by atoms with Gasteiger partial charge in [-0.25, -0.2) is 0 Å². The quantitative estimate of drug-likeness (QED) is 0.725. The van der Waals surface area contributed by atoms with Gasteiger partial charge >= 0.3 is 0 Å². The third-order valence-electron chi connectivity index (χ3n) is 2.89. The summed E-state index contributed by atoms with van der Waals surface area (Å²) >= 11 is 13.7. The average Bonchev–Trinajstić information content (AvgIpc) is 2.49. The van der Waals surface area contributed by atoms with Crippen molar-refractivity contribution in [3.8, 4) is 0 Å². The van der Waals surface area contributed by atoms with Gasteiger partial charge < -0.3 is 10.1 Å². The SMILES string of the molecule is COCCNCc1ccccc1Sc1ccc(Cl)c(Cl)c1. The van der Waals surface area contributed by atoms with Crippen molar-refractivity contribution in [3.63, 3.8) is 0 Å². The average molecular weight is 342 g/mol. The van der Waals surface area contributed by atoms with Crippen LogP contribution < -0.4 is 5.32 Å². The summed E-state index contributed by atoms with van der Waals surface area (Å²) in [6.45, 7) is 2.36. The number of benzene rings is 2. The Hall–Kier alpha value is -0.710. The molecule has 0 saturated heterocycles. The van der Waals surface area contributed by atoms with Crippen LogP contribution in [0.1, 0.15) is 5.56 Å². The summed E-state index contributed by atoms with van der Waals surface area (Å²) in [5.74, 6) is 0. The minimum absolute atomic E-state index is 0.579. The van der Waals surface area contributed by atoms with E-state index in [-0.39, 0.29) is 0 Å². The molecule has 1 N–H and O–H groups in total. The van der Waals surface area contributed by atoms with E-state index in [1.54, 1.807) is 18.9 Å². The highest BCUT2D eigenvalue weighted by atomic mass is 35.5.